The Bertz CT molecular complexity index is 1090. The average molecular weight is 390 g/mol. The maximum absolute atomic E-state index is 5.80. The summed E-state index contributed by atoms with van der Waals surface area (Å²) in [7, 11) is 0. The Morgan fingerprint density at radius 1 is 1.00 bits per heavy atom. The second-order valence-electron chi connectivity index (χ2n) is 6.75. The molecule has 1 fully saturated rings. The van der Waals surface area contributed by atoms with Crippen molar-refractivity contribution < 1.29 is 4.74 Å². The predicted octanol–water partition coefficient (Wildman–Crippen LogP) is 5.07. The Labute approximate surface area is 165 Å². The van der Waals surface area contributed by atoms with Gasteiger partial charge in [0, 0.05) is 18.2 Å². The molecule has 28 heavy (non-hydrogen) atoms. The molecule has 7 nitrogen and oxygen atoms in total. The molecule has 1 aliphatic rings. The molecule has 0 aromatic carbocycles. The molecule has 1 N–H and O–H groups in total. The van der Waals surface area contributed by atoms with Gasteiger partial charge in [0.05, 0.1) is 23.4 Å². The molecule has 8 heteroatoms. The molecule has 5 rings (SSSR count). The molecule has 0 radical (unpaired) electrons. The van der Waals surface area contributed by atoms with E-state index in [0.29, 0.717) is 23.2 Å². The van der Waals surface area contributed by atoms with E-state index < -0.39 is 0 Å². The largest absolute Gasteiger partial charge is 0.454 e. The van der Waals surface area contributed by atoms with Crippen LogP contribution in [0.15, 0.2) is 48.9 Å². The fourth-order valence-corrected chi connectivity index (χ4v) is 4.31. The van der Waals surface area contributed by atoms with Crippen LogP contribution in [0.1, 0.15) is 36.6 Å². The minimum Gasteiger partial charge on any atom is -0.454 e. The minimum absolute atomic E-state index is 0.564. The first kappa shape index (κ1) is 17.0. The third kappa shape index (κ3) is 3.63. The second-order valence-corrected chi connectivity index (χ2v) is 7.76. The van der Waals surface area contributed by atoms with Gasteiger partial charge in [-0.15, -0.1) is 10.2 Å². The Balaban J connectivity index is 1.36. The van der Waals surface area contributed by atoms with Gasteiger partial charge >= 0.3 is 0 Å². The van der Waals surface area contributed by atoms with Crippen LogP contribution >= 0.6 is 11.3 Å². The molecule has 0 atom stereocenters. The fourth-order valence-electron chi connectivity index (χ4n) is 3.39. The summed E-state index contributed by atoms with van der Waals surface area (Å²) < 4.78 is 5.80. The molecule has 0 saturated heterocycles. The summed E-state index contributed by atoms with van der Waals surface area (Å²) in [4.78, 5) is 13.1. The number of ether oxygens (including phenoxy) is 1. The summed E-state index contributed by atoms with van der Waals surface area (Å²) in [6, 6.07) is 9.36. The van der Waals surface area contributed by atoms with E-state index in [1.165, 1.54) is 25.7 Å². The lowest BCUT2D eigenvalue weighted by atomic mass is 10.1. The van der Waals surface area contributed by atoms with Crippen LogP contribution in [0, 0.1) is 0 Å². The van der Waals surface area contributed by atoms with Crippen molar-refractivity contribution in [3.8, 4) is 11.5 Å². The van der Waals surface area contributed by atoms with E-state index in [1.54, 1.807) is 29.9 Å². The van der Waals surface area contributed by atoms with Crippen molar-refractivity contribution in [2.75, 3.05) is 5.32 Å². The van der Waals surface area contributed by atoms with Crippen molar-refractivity contribution in [3.63, 3.8) is 0 Å². The first-order valence-corrected chi connectivity index (χ1v) is 10.1. The van der Waals surface area contributed by atoms with Gasteiger partial charge < -0.3 is 10.1 Å². The molecule has 1 saturated carbocycles. The zero-order chi connectivity index (χ0) is 18.8. The lowest BCUT2D eigenvalue weighted by Gasteiger charge is -2.07. The third-order valence-electron chi connectivity index (χ3n) is 4.76. The van der Waals surface area contributed by atoms with E-state index in [4.69, 9.17) is 4.74 Å². The minimum atomic E-state index is 0.564. The van der Waals surface area contributed by atoms with Gasteiger partial charge in [0.2, 0.25) is 5.13 Å². The number of aromatic nitrogens is 5. The second kappa shape index (κ2) is 7.47. The van der Waals surface area contributed by atoms with E-state index in [9.17, 15) is 0 Å². The number of anilines is 2. The van der Waals surface area contributed by atoms with Crippen molar-refractivity contribution in [2.24, 2.45) is 0 Å². The van der Waals surface area contributed by atoms with E-state index in [-0.39, 0.29) is 0 Å². The lowest BCUT2D eigenvalue weighted by Crippen LogP contribution is -1.94. The van der Waals surface area contributed by atoms with Crippen molar-refractivity contribution in [2.45, 2.75) is 31.6 Å². The highest BCUT2D eigenvalue weighted by atomic mass is 32.1. The van der Waals surface area contributed by atoms with Gasteiger partial charge in [-0.25, -0.2) is 4.98 Å². The normalized spacial score (nSPS) is 14.4. The topological polar surface area (TPSA) is 85.7 Å². The number of hydrogen-bond donors (Lipinski definition) is 1. The molecule has 0 aliphatic heterocycles. The van der Waals surface area contributed by atoms with Crippen molar-refractivity contribution in [1.29, 1.82) is 0 Å². The third-order valence-corrected chi connectivity index (χ3v) is 5.76. The van der Waals surface area contributed by atoms with Gasteiger partial charge in [-0.2, -0.15) is 0 Å². The van der Waals surface area contributed by atoms with Gasteiger partial charge in [0.1, 0.15) is 22.3 Å². The monoisotopic (exact) mass is 390 g/mol. The van der Waals surface area contributed by atoms with Crippen LogP contribution in [0.25, 0.3) is 11.0 Å². The zero-order valence-electron chi connectivity index (χ0n) is 15.1. The molecule has 0 unspecified atom stereocenters. The maximum Gasteiger partial charge on any atom is 0.211 e. The predicted molar refractivity (Wildman–Crippen MR) is 108 cm³/mol. The first-order chi connectivity index (χ1) is 13.8. The lowest BCUT2D eigenvalue weighted by molar-refractivity contribution is 0.479. The van der Waals surface area contributed by atoms with Crippen molar-refractivity contribution in [3.05, 3.63) is 53.9 Å². The summed E-state index contributed by atoms with van der Waals surface area (Å²) in [6.45, 7) is 0. The number of nitrogens with one attached hydrogen (secondary N) is 1. The van der Waals surface area contributed by atoms with Crippen LogP contribution in [-0.2, 0) is 0 Å². The van der Waals surface area contributed by atoms with Crippen molar-refractivity contribution in [1.82, 2.24) is 25.1 Å². The summed E-state index contributed by atoms with van der Waals surface area (Å²) in [5, 5.41) is 13.8. The zero-order valence-corrected chi connectivity index (χ0v) is 15.9. The van der Waals surface area contributed by atoms with Crippen LogP contribution in [0.2, 0.25) is 0 Å². The molecule has 0 bridgehead atoms. The number of nitrogens with zero attached hydrogens (tertiary/aromatic N) is 5. The van der Waals surface area contributed by atoms with Crippen LogP contribution < -0.4 is 10.1 Å². The Morgan fingerprint density at radius 3 is 2.79 bits per heavy atom. The van der Waals surface area contributed by atoms with Gasteiger partial charge in [-0.05, 0) is 37.1 Å². The van der Waals surface area contributed by atoms with Crippen molar-refractivity contribution >= 4 is 33.3 Å². The molecule has 0 amide bonds. The molecule has 0 spiro atoms. The molecular formula is C20H18N6OS. The van der Waals surface area contributed by atoms with E-state index in [1.807, 2.05) is 30.3 Å². The maximum atomic E-state index is 5.80. The molecular weight excluding hydrogens is 372 g/mol. The van der Waals surface area contributed by atoms with Gasteiger partial charge in [-0.1, -0.05) is 24.2 Å². The van der Waals surface area contributed by atoms with Gasteiger partial charge in [-0.3, -0.25) is 9.97 Å². The summed E-state index contributed by atoms with van der Waals surface area (Å²) in [6.07, 6.45) is 10.1. The molecule has 4 aromatic heterocycles. The van der Waals surface area contributed by atoms with E-state index in [2.05, 4.69) is 30.5 Å². The summed E-state index contributed by atoms with van der Waals surface area (Å²) >= 11 is 1.61. The molecule has 4 aromatic rings. The highest BCUT2D eigenvalue weighted by molar-refractivity contribution is 7.15. The smallest absolute Gasteiger partial charge is 0.211 e. The van der Waals surface area contributed by atoms with Crippen LogP contribution in [0.4, 0.5) is 10.9 Å². The first-order valence-electron chi connectivity index (χ1n) is 9.29. The van der Waals surface area contributed by atoms with Gasteiger partial charge in [0.15, 0.2) is 0 Å². The summed E-state index contributed by atoms with van der Waals surface area (Å²) in [5.41, 5.74) is 1.54. The van der Waals surface area contributed by atoms with Crippen LogP contribution in [0.3, 0.4) is 0 Å². The Hall–Kier alpha value is -3.13. The standard InChI is InChI=1S/C20H18N6OS/c1-2-5-13(4-1)19-25-26-20(28-19)24-18-8-7-16-17(23-18)10-15(12-22-16)27-14-6-3-9-21-11-14/h3,6-13H,1-2,4-5H2,(H,23,24,26). The number of pyridine rings is 3. The SMILES string of the molecule is c1cncc(Oc2cnc3ccc(Nc4nnc(C5CCCC5)s4)nc3c2)c1. The van der Waals surface area contributed by atoms with E-state index in [0.717, 1.165) is 21.2 Å². The Morgan fingerprint density at radius 2 is 1.93 bits per heavy atom. The average Bonchev–Trinajstić information content (AvgIpc) is 3.40. The van der Waals surface area contributed by atoms with Gasteiger partial charge in [0.25, 0.3) is 0 Å². The molecule has 140 valence electrons. The number of fused-ring (bicyclic) bond motifs is 1. The molecule has 1 aliphatic carbocycles. The van der Waals surface area contributed by atoms with E-state index >= 15 is 0 Å². The highest BCUT2D eigenvalue weighted by Gasteiger charge is 2.21. The fraction of sp³-hybridized carbons (Fsp3) is 0.250. The van der Waals surface area contributed by atoms with Crippen LogP contribution in [0.5, 0.6) is 11.5 Å². The quantitative estimate of drug-likeness (QED) is 0.509. The number of rotatable bonds is 5. The number of hydrogen-bond acceptors (Lipinski definition) is 8. The molecule has 4 heterocycles. The highest BCUT2D eigenvalue weighted by Crippen LogP contribution is 2.37. The summed E-state index contributed by atoms with van der Waals surface area (Å²) in [5.74, 6) is 2.55. The Kier molecular flexibility index (Phi) is 4.54. The van der Waals surface area contributed by atoms with Crippen LogP contribution in [-0.4, -0.2) is 25.1 Å².